The van der Waals surface area contributed by atoms with E-state index in [0.29, 0.717) is 0 Å². The quantitative estimate of drug-likeness (QED) is 0.407. The molecule has 0 saturated carbocycles. The highest BCUT2D eigenvalue weighted by molar-refractivity contribution is 5.41. The number of allylic oxidation sites excluding steroid dienone is 2. The molecule has 0 N–H and O–H groups in total. The van der Waals surface area contributed by atoms with Crippen LogP contribution in [0.2, 0.25) is 0 Å². The van der Waals surface area contributed by atoms with Crippen LogP contribution in [0.5, 0.6) is 0 Å². The Kier molecular flexibility index (Phi) is 1.07. The molecule has 38 valence electrons. The molecule has 0 amide bonds. The Balaban J connectivity index is 2.51. The maximum Gasteiger partial charge on any atom is -0.0926 e. The van der Waals surface area contributed by atoms with Crippen molar-refractivity contribution in [3.63, 3.8) is 0 Å². The van der Waals surface area contributed by atoms with Crippen molar-refractivity contribution >= 4 is 0 Å². The Hall–Kier alpha value is -0.850. The van der Waals surface area contributed by atoms with E-state index in [-0.39, 0.29) is 0 Å². The average molecular weight is 93.1 g/mol. The van der Waals surface area contributed by atoms with Crippen LogP contribution in [0, 0.1) is 6.42 Å². The second-order valence-electron chi connectivity index (χ2n) is 1.35. The maximum absolute atomic E-state index is 3.98. The van der Waals surface area contributed by atoms with E-state index in [1.54, 1.807) is 6.20 Å². The molecule has 0 atom stereocenters. The lowest BCUT2D eigenvalue weighted by Gasteiger charge is -2.19. The first-order valence-corrected chi connectivity index (χ1v) is 2.30. The first-order chi connectivity index (χ1) is 3.43. The van der Waals surface area contributed by atoms with E-state index < -0.39 is 0 Å². The molecule has 1 heterocycles. The van der Waals surface area contributed by atoms with Crippen molar-refractivity contribution < 1.29 is 0 Å². The van der Waals surface area contributed by atoms with Crippen LogP contribution in [0.4, 0.5) is 0 Å². The van der Waals surface area contributed by atoms with E-state index in [0.717, 1.165) is 5.70 Å². The highest BCUT2D eigenvalue weighted by Crippen LogP contribution is 2.16. The van der Waals surface area contributed by atoms with Crippen LogP contribution in [-0.4, -0.2) is 0 Å². The summed E-state index contributed by atoms with van der Waals surface area (Å²) in [6, 6.07) is 0. The SMILES string of the molecule is CC=C1[CH-]C=C[N-]1. The molecule has 1 nitrogen and oxygen atoms in total. The van der Waals surface area contributed by atoms with Gasteiger partial charge in [0.1, 0.15) is 0 Å². The summed E-state index contributed by atoms with van der Waals surface area (Å²) in [7, 11) is 0. The normalized spacial score (nSPS) is 22.1. The minimum absolute atomic E-state index is 1.06. The van der Waals surface area contributed by atoms with Gasteiger partial charge in [-0.2, -0.15) is 18.6 Å². The zero-order chi connectivity index (χ0) is 5.11. The molecule has 0 aromatic heterocycles. The third-order valence-corrected chi connectivity index (χ3v) is 0.872. The number of hydrogen-bond acceptors (Lipinski definition) is 0. The lowest BCUT2D eigenvalue weighted by molar-refractivity contribution is 1.54. The molecule has 1 aliphatic rings. The lowest BCUT2D eigenvalue weighted by atomic mass is 10.3. The molecule has 0 aromatic rings. The van der Waals surface area contributed by atoms with Crippen molar-refractivity contribution in [2.45, 2.75) is 6.92 Å². The second kappa shape index (κ2) is 1.73. The van der Waals surface area contributed by atoms with E-state index >= 15 is 0 Å². The van der Waals surface area contributed by atoms with Crippen LogP contribution in [-0.2, 0) is 0 Å². The molecule has 0 fully saturated rings. The van der Waals surface area contributed by atoms with Crippen LogP contribution < -0.4 is 0 Å². The Morgan fingerprint density at radius 1 is 1.86 bits per heavy atom. The average Bonchev–Trinajstić information content (AvgIpc) is 2.14. The van der Waals surface area contributed by atoms with E-state index in [2.05, 4.69) is 5.32 Å². The van der Waals surface area contributed by atoms with Crippen LogP contribution in [0.3, 0.4) is 0 Å². The van der Waals surface area contributed by atoms with E-state index in [4.69, 9.17) is 0 Å². The molecule has 1 aliphatic heterocycles. The van der Waals surface area contributed by atoms with Crippen molar-refractivity contribution in [1.29, 1.82) is 0 Å². The van der Waals surface area contributed by atoms with Gasteiger partial charge in [-0.05, 0) is 0 Å². The number of rotatable bonds is 0. The van der Waals surface area contributed by atoms with Gasteiger partial charge in [0, 0.05) is 0 Å². The fraction of sp³-hybridized carbons (Fsp3) is 0.167. The van der Waals surface area contributed by atoms with Gasteiger partial charge in [0.15, 0.2) is 0 Å². The molecule has 1 heteroatoms. The van der Waals surface area contributed by atoms with Gasteiger partial charge >= 0.3 is 0 Å². The van der Waals surface area contributed by atoms with Crippen LogP contribution >= 0.6 is 0 Å². The zero-order valence-electron chi connectivity index (χ0n) is 4.26. The molecule has 7 heavy (non-hydrogen) atoms. The Morgan fingerprint density at radius 3 is 3.00 bits per heavy atom. The molecule has 0 aromatic carbocycles. The third kappa shape index (κ3) is 0.769. The van der Waals surface area contributed by atoms with Crippen LogP contribution in [0.1, 0.15) is 6.92 Å². The summed E-state index contributed by atoms with van der Waals surface area (Å²) in [5.41, 5.74) is 1.06. The summed E-state index contributed by atoms with van der Waals surface area (Å²) in [4.78, 5) is 0. The summed E-state index contributed by atoms with van der Waals surface area (Å²) in [6.07, 6.45) is 7.66. The van der Waals surface area contributed by atoms with Gasteiger partial charge in [-0.15, -0.1) is 0 Å². The fourth-order valence-electron chi connectivity index (χ4n) is 0.485. The minimum atomic E-state index is 1.06. The second-order valence-corrected chi connectivity index (χ2v) is 1.35. The first kappa shape index (κ1) is 4.31. The van der Waals surface area contributed by atoms with E-state index in [1.165, 1.54) is 0 Å². The summed E-state index contributed by atoms with van der Waals surface area (Å²) < 4.78 is 0. The predicted octanol–water partition coefficient (Wildman–Crippen LogP) is 2.00. The predicted molar refractivity (Wildman–Crippen MR) is 30.6 cm³/mol. The molecule has 0 spiro atoms. The maximum atomic E-state index is 3.98. The molecule has 0 bridgehead atoms. The smallest absolute Gasteiger partial charge is 0.0926 e. The minimum Gasteiger partial charge on any atom is -0.742 e. The number of nitrogens with zero attached hydrogens (tertiary/aromatic N) is 1. The lowest BCUT2D eigenvalue weighted by Crippen LogP contribution is -1.65. The molecule has 0 saturated heterocycles. The van der Waals surface area contributed by atoms with Crippen LogP contribution in [0.15, 0.2) is 24.0 Å². The summed E-state index contributed by atoms with van der Waals surface area (Å²) in [5, 5.41) is 3.98. The van der Waals surface area contributed by atoms with Gasteiger partial charge in [-0.1, -0.05) is 6.92 Å². The van der Waals surface area contributed by atoms with Gasteiger partial charge in [-0.25, -0.2) is 0 Å². The molecule has 1 rings (SSSR count). The Labute approximate surface area is 43.7 Å². The van der Waals surface area contributed by atoms with Gasteiger partial charge in [0.2, 0.25) is 0 Å². The zero-order valence-corrected chi connectivity index (χ0v) is 4.26. The highest BCUT2D eigenvalue weighted by atomic mass is 14.9. The van der Waals surface area contributed by atoms with Crippen molar-refractivity contribution in [3.05, 3.63) is 35.8 Å². The van der Waals surface area contributed by atoms with Gasteiger partial charge < -0.3 is 5.32 Å². The number of hydrogen-bond donors (Lipinski definition) is 0. The highest BCUT2D eigenvalue weighted by Gasteiger charge is 1.69. The summed E-state index contributed by atoms with van der Waals surface area (Å²) >= 11 is 0. The van der Waals surface area contributed by atoms with E-state index in [9.17, 15) is 0 Å². The molecule has 0 aliphatic carbocycles. The topological polar surface area (TPSA) is 14.1 Å². The van der Waals surface area contributed by atoms with Gasteiger partial charge in [0.05, 0.1) is 0 Å². The first-order valence-electron chi connectivity index (χ1n) is 2.30. The molecule has 0 unspecified atom stereocenters. The Bertz CT molecular complexity index is 101. The third-order valence-electron chi connectivity index (χ3n) is 0.872. The standard InChI is InChI=1S/C6H7N/c1-2-6-4-3-5-7-6/h2-5H,1H3/q-2. The van der Waals surface area contributed by atoms with Crippen molar-refractivity contribution in [1.82, 2.24) is 0 Å². The van der Waals surface area contributed by atoms with Gasteiger partial charge in [0.25, 0.3) is 0 Å². The van der Waals surface area contributed by atoms with Crippen molar-refractivity contribution in [2.24, 2.45) is 0 Å². The summed E-state index contributed by atoms with van der Waals surface area (Å²) in [5.74, 6) is 0. The molecular formula is C6H7N-2. The molecule has 0 radical (unpaired) electrons. The largest absolute Gasteiger partial charge is 0.742 e. The molecular weight excluding hydrogens is 86.1 g/mol. The Morgan fingerprint density at radius 2 is 2.71 bits per heavy atom. The summed E-state index contributed by atoms with van der Waals surface area (Å²) in [6.45, 7) is 1.97. The van der Waals surface area contributed by atoms with Crippen molar-refractivity contribution in [3.8, 4) is 0 Å². The fourth-order valence-corrected chi connectivity index (χ4v) is 0.485. The van der Waals surface area contributed by atoms with E-state index in [1.807, 2.05) is 25.5 Å². The monoisotopic (exact) mass is 93.1 g/mol. The van der Waals surface area contributed by atoms with Crippen LogP contribution in [0.25, 0.3) is 5.32 Å². The van der Waals surface area contributed by atoms with Gasteiger partial charge in [-0.3, -0.25) is 11.9 Å². The van der Waals surface area contributed by atoms with Crippen molar-refractivity contribution in [2.75, 3.05) is 0 Å².